The molecule has 2 aromatic heterocycles. The fourth-order valence-electron chi connectivity index (χ4n) is 3.40. The third-order valence-electron chi connectivity index (χ3n) is 4.86. The minimum absolute atomic E-state index is 0.306. The fraction of sp³-hybridized carbons (Fsp3) is 0.353. The van der Waals surface area contributed by atoms with Gasteiger partial charge in [-0.3, -0.25) is 0 Å². The van der Waals surface area contributed by atoms with E-state index in [4.69, 9.17) is 4.74 Å². The first-order valence-corrected chi connectivity index (χ1v) is 9.54. The maximum atomic E-state index is 11.8. The van der Waals surface area contributed by atoms with Crippen LogP contribution in [0, 0.1) is 14.3 Å². The number of hydrogen-bond donors (Lipinski definition) is 3. The van der Waals surface area contributed by atoms with Crippen molar-refractivity contribution in [2.45, 2.75) is 30.7 Å². The molecular weight excluding hydrogens is 449 g/mol. The van der Waals surface area contributed by atoms with Crippen molar-refractivity contribution in [1.29, 1.82) is 0 Å². The molecule has 0 bridgehead atoms. The van der Waals surface area contributed by atoms with E-state index < -0.39 is 42.2 Å². The van der Waals surface area contributed by atoms with Crippen molar-refractivity contribution >= 4 is 26.7 Å². The Labute approximate surface area is 171 Å². The van der Waals surface area contributed by atoms with Crippen molar-refractivity contribution in [3.05, 3.63) is 62.9 Å². The van der Waals surface area contributed by atoms with Crippen molar-refractivity contribution in [3.8, 4) is 0 Å². The number of aliphatic hydroxyl groups is 3. The minimum atomic E-state index is -1.29. The second kappa shape index (κ2) is 7.75. The van der Waals surface area contributed by atoms with E-state index >= 15 is 0 Å². The molecule has 1 aliphatic heterocycles. The van der Waals surface area contributed by atoms with Gasteiger partial charge in [0, 0.05) is 0 Å². The van der Waals surface area contributed by atoms with Crippen LogP contribution in [-0.4, -0.2) is 79.8 Å². The number of nitro groups is 1. The normalized spacial score (nSPS) is 25.3. The molecule has 0 spiro atoms. The molecule has 0 amide bonds. The molecule has 0 radical (unpaired) electrons. The van der Waals surface area contributed by atoms with E-state index in [1.807, 2.05) is 0 Å². The summed E-state index contributed by atoms with van der Waals surface area (Å²) in [6, 6.07) is 8.51. The molecule has 5 atom stereocenters. The number of rotatable bonds is 5. The quantitative estimate of drug-likeness (QED) is 0.256. The Kier molecular flexibility index (Phi) is 5.30. The summed E-state index contributed by atoms with van der Waals surface area (Å²) in [7, 11) is 0. The second-order valence-electron chi connectivity index (χ2n) is 6.58. The first kappa shape index (κ1) is 19.8. The summed E-state index contributed by atoms with van der Waals surface area (Å²) in [4.78, 5) is 19.9. The van der Waals surface area contributed by atoms with Crippen molar-refractivity contribution in [2.24, 2.45) is 0 Å². The van der Waals surface area contributed by atoms with Gasteiger partial charge in [-0.15, -0.1) is 0 Å². The molecule has 3 aromatic rings. The predicted octanol–water partition coefficient (Wildman–Crippen LogP) is -0.632. The number of aromatic nitrogens is 4. The second-order valence-corrected chi connectivity index (χ2v) is 7.39. The van der Waals surface area contributed by atoms with Gasteiger partial charge < -0.3 is 0 Å². The van der Waals surface area contributed by atoms with Gasteiger partial charge in [0.1, 0.15) is 0 Å². The van der Waals surface area contributed by atoms with Crippen LogP contribution in [0.15, 0.2) is 43.0 Å². The summed E-state index contributed by atoms with van der Waals surface area (Å²) in [5.74, 6) is 0. The SMILES string of the molecule is O=[N+]([O-])C(c1ccccc1)n1cnc2c(ncn2[C@@H]2O[C@H](CO)[C@@H](O)[C@H]2O)c1=[Se]. The predicted molar refractivity (Wildman–Crippen MR) is 99.1 cm³/mol. The van der Waals surface area contributed by atoms with E-state index in [1.54, 1.807) is 30.3 Å². The summed E-state index contributed by atoms with van der Waals surface area (Å²) in [6.45, 7) is -0.455. The average Bonchev–Trinajstić information content (AvgIpc) is 3.26. The first-order chi connectivity index (χ1) is 13.9. The molecule has 1 saturated heterocycles. The standard InChI is InChI=1S/C17H17N5O6Se/c23-6-10-12(24)13(25)16(28-10)20-7-18-11-14(20)19-8-21(17(11)29)15(22(26)27)9-4-2-1-3-5-9/h1-5,7-8,10,12-13,15-16,23-25H,6H2/t10-,12-,13-,15?,16-/m1/s1. The Bertz CT molecular complexity index is 1100. The number of fused-ring (bicyclic) bond motifs is 1. The number of hydrogen-bond acceptors (Lipinski definition) is 8. The Morgan fingerprint density at radius 1 is 1.21 bits per heavy atom. The number of imidazole rings is 1. The Morgan fingerprint density at radius 2 is 1.93 bits per heavy atom. The molecule has 0 aliphatic carbocycles. The van der Waals surface area contributed by atoms with Gasteiger partial charge in [0.15, 0.2) is 0 Å². The Morgan fingerprint density at radius 3 is 2.55 bits per heavy atom. The fourth-order valence-corrected chi connectivity index (χ4v) is 4.01. The van der Waals surface area contributed by atoms with Gasteiger partial charge in [0.05, 0.1) is 0 Å². The monoisotopic (exact) mass is 467 g/mol. The number of ether oxygens (including phenoxy) is 1. The van der Waals surface area contributed by atoms with Crippen molar-refractivity contribution in [3.63, 3.8) is 0 Å². The van der Waals surface area contributed by atoms with Crippen LogP contribution in [0.2, 0.25) is 0 Å². The van der Waals surface area contributed by atoms with Crippen LogP contribution in [0.3, 0.4) is 0 Å². The third kappa shape index (κ3) is 3.29. The van der Waals surface area contributed by atoms with Gasteiger partial charge in [-0.2, -0.15) is 0 Å². The molecule has 1 fully saturated rings. The summed E-state index contributed by atoms with van der Waals surface area (Å²) >= 11 is 2.81. The van der Waals surface area contributed by atoms with Gasteiger partial charge in [-0.05, 0) is 0 Å². The molecule has 1 aromatic carbocycles. The topological polar surface area (TPSA) is 149 Å². The van der Waals surface area contributed by atoms with Gasteiger partial charge in [-0.1, -0.05) is 0 Å². The summed E-state index contributed by atoms with van der Waals surface area (Å²) in [5.41, 5.74) is 1.12. The van der Waals surface area contributed by atoms with Crippen molar-refractivity contribution in [1.82, 2.24) is 19.1 Å². The zero-order valence-electron chi connectivity index (χ0n) is 14.8. The zero-order chi connectivity index (χ0) is 20.7. The van der Waals surface area contributed by atoms with Crippen LogP contribution in [0.1, 0.15) is 18.0 Å². The van der Waals surface area contributed by atoms with E-state index in [2.05, 4.69) is 25.5 Å². The maximum absolute atomic E-state index is 11.8. The number of nitrogens with zero attached hydrogens (tertiary/aromatic N) is 5. The van der Waals surface area contributed by atoms with E-state index in [1.165, 1.54) is 21.8 Å². The first-order valence-electron chi connectivity index (χ1n) is 8.68. The average molecular weight is 466 g/mol. The van der Waals surface area contributed by atoms with Crippen LogP contribution in [0.25, 0.3) is 11.2 Å². The number of aliphatic hydroxyl groups excluding tert-OH is 3. The van der Waals surface area contributed by atoms with Gasteiger partial charge in [-0.25, -0.2) is 0 Å². The van der Waals surface area contributed by atoms with Gasteiger partial charge in [0.25, 0.3) is 0 Å². The van der Waals surface area contributed by atoms with E-state index in [9.17, 15) is 25.4 Å². The molecule has 11 nitrogen and oxygen atoms in total. The van der Waals surface area contributed by atoms with Crippen LogP contribution in [0.5, 0.6) is 0 Å². The van der Waals surface area contributed by atoms with Gasteiger partial charge in [0.2, 0.25) is 0 Å². The molecule has 1 aliphatic rings. The summed E-state index contributed by atoms with van der Waals surface area (Å²) < 4.78 is 8.69. The molecule has 1 unspecified atom stereocenters. The van der Waals surface area contributed by atoms with E-state index in [-0.39, 0.29) is 0 Å². The van der Waals surface area contributed by atoms with Crippen LogP contribution in [-0.2, 0) is 4.74 Å². The van der Waals surface area contributed by atoms with Crippen LogP contribution < -0.4 is 0 Å². The summed E-state index contributed by atoms with van der Waals surface area (Å²) in [6.07, 6.45) is -3.02. The Balaban J connectivity index is 1.79. The third-order valence-corrected chi connectivity index (χ3v) is 5.71. The number of benzene rings is 1. The van der Waals surface area contributed by atoms with E-state index in [0.717, 1.165) is 0 Å². The molecular formula is C17H17N5O6Se. The molecule has 0 saturated carbocycles. The molecule has 3 N–H and O–H groups in total. The molecule has 152 valence electrons. The Hall–Kier alpha value is -2.47. The molecule has 29 heavy (non-hydrogen) atoms. The molecule has 3 heterocycles. The van der Waals surface area contributed by atoms with Crippen LogP contribution in [0.4, 0.5) is 0 Å². The van der Waals surface area contributed by atoms with Crippen molar-refractivity contribution < 1.29 is 25.0 Å². The molecule has 12 heteroatoms. The van der Waals surface area contributed by atoms with Crippen molar-refractivity contribution in [2.75, 3.05) is 6.61 Å². The van der Waals surface area contributed by atoms with Crippen LogP contribution >= 0.6 is 0 Å². The summed E-state index contributed by atoms with van der Waals surface area (Å²) in [5, 5.41) is 41.3. The zero-order valence-corrected chi connectivity index (χ0v) is 16.6. The molecule has 4 rings (SSSR count). The van der Waals surface area contributed by atoms with Gasteiger partial charge >= 0.3 is 171 Å². The van der Waals surface area contributed by atoms with E-state index in [0.29, 0.717) is 20.9 Å².